The summed E-state index contributed by atoms with van der Waals surface area (Å²) in [4.78, 5) is 16.8. The molecule has 2 unspecified atom stereocenters. The van der Waals surface area contributed by atoms with Crippen LogP contribution in [0.3, 0.4) is 0 Å². The van der Waals surface area contributed by atoms with E-state index in [0.717, 1.165) is 25.9 Å². The van der Waals surface area contributed by atoms with Crippen molar-refractivity contribution in [2.45, 2.75) is 51.1 Å². The fraction of sp³-hybridized carbons (Fsp3) is 0.929. The molecule has 0 aromatic rings. The maximum Gasteiger partial charge on any atom is 0.239 e. The predicted molar refractivity (Wildman–Crippen MR) is 73.5 cm³/mol. The molecule has 2 fully saturated rings. The van der Waals surface area contributed by atoms with Crippen LogP contribution in [0.15, 0.2) is 0 Å². The van der Waals surface area contributed by atoms with Crippen molar-refractivity contribution in [2.75, 3.05) is 33.2 Å². The van der Waals surface area contributed by atoms with Crippen LogP contribution in [-0.2, 0) is 4.79 Å². The number of likely N-dealkylation sites (tertiary alicyclic amines) is 2. The smallest absolute Gasteiger partial charge is 0.239 e. The number of nitrogens with one attached hydrogen (secondary N) is 1. The second kappa shape index (κ2) is 6.53. The van der Waals surface area contributed by atoms with Gasteiger partial charge in [-0.05, 0) is 52.7 Å². The SMILES string of the molecule is CNC1CCCN(CC(C)N2CCCCC2)C1=O. The quantitative estimate of drug-likeness (QED) is 0.814. The molecule has 2 heterocycles. The monoisotopic (exact) mass is 253 g/mol. The Hall–Kier alpha value is -0.610. The second-order valence-electron chi connectivity index (χ2n) is 5.71. The first-order valence-electron chi connectivity index (χ1n) is 7.42. The molecule has 2 aliphatic rings. The maximum absolute atomic E-state index is 12.2. The molecule has 4 heteroatoms. The summed E-state index contributed by atoms with van der Waals surface area (Å²) in [5.41, 5.74) is 0. The van der Waals surface area contributed by atoms with Crippen LogP contribution in [0, 0.1) is 0 Å². The normalized spacial score (nSPS) is 28.4. The number of piperidine rings is 2. The molecule has 0 bridgehead atoms. The molecule has 2 saturated heterocycles. The first kappa shape index (κ1) is 13.8. The van der Waals surface area contributed by atoms with Gasteiger partial charge >= 0.3 is 0 Å². The zero-order chi connectivity index (χ0) is 13.0. The van der Waals surface area contributed by atoms with E-state index in [4.69, 9.17) is 0 Å². The molecule has 4 nitrogen and oxygen atoms in total. The number of likely N-dealkylation sites (N-methyl/N-ethyl adjacent to an activating group) is 1. The van der Waals surface area contributed by atoms with Gasteiger partial charge in [-0.3, -0.25) is 9.69 Å². The summed E-state index contributed by atoms with van der Waals surface area (Å²) >= 11 is 0. The van der Waals surface area contributed by atoms with Crippen LogP contribution in [0.1, 0.15) is 39.0 Å². The summed E-state index contributed by atoms with van der Waals surface area (Å²) in [6, 6.07) is 0.553. The van der Waals surface area contributed by atoms with Gasteiger partial charge in [-0.25, -0.2) is 0 Å². The lowest BCUT2D eigenvalue weighted by Gasteiger charge is -2.38. The molecular weight excluding hydrogens is 226 g/mol. The standard InChI is InChI=1S/C14H27N3O/c1-12(16-8-4-3-5-9-16)11-17-10-6-7-13(15-2)14(17)18/h12-13,15H,3-11H2,1-2H3. The Labute approximate surface area is 111 Å². The Morgan fingerprint density at radius 1 is 1.22 bits per heavy atom. The van der Waals surface area contributed by atoms with Crippen LogP contribution in [0.2, 0.25) is 0 Å². The van der Waals surface area contributed by atoms with Gasteiger partial charge in [-0.2, -0.15) is 0 Å². The van der Waals surface area contributed by atoms with E-state index >= 15 is 0 Å². The Morgan fingerprint density at radius 3 is 2.61 bits per heavy atom. The molecule has 18 heavy (non-hydrogen) atoms. The molecule has 0 spiro atoms. The summed E-state index contributed by atoms with van der Waals surface area (Å²) in [7, 11) is 1.89. The van der Waals surface area contributed by atoms with Crippen LogP contribution in [0.25, 0.3) is 0 Å². The molecule has 2 atom stereocenters. The van der Waals surface area contributed by atoms with Crippen molar-refractivity contribution in [3.8, 4) is 0 Å². The Kier molecular flexibility index (Phi) is 5.01. The summed E-state index contributed by atoms with van der Waals surface area (Å²) in [5, 5.41) is 3.13. The van der Waals surface area contributed by atoms with Crippen LogP contribution in [-0.4, -0.2) is 61.0 Å². The lowest BCUT2D eigenvalue weighted by molar-refractivity contribution is -0.136. The van der Waals surface area contributed by atoms with Crippen molar-refractivity contribution in [1.29, 1.82) is 0 Å². The summed E-state index contributed by atoms with van der Waals surface area (Å²) < 4.78 is 0. The van der Waals surface area contributed by atoms with Crippen LogP contribution in [0.5, 0.6) is 0 Å². The summed E-state index contributed by atoms with van der Waals surface area (Å²) in [6.45, 7) is 6.52. The molecule has 2 aliphatic heterocycles. The van der Waals surface area contributed by atoms with E-state index in [2.05, 4.69) is 22.0 Å². The van der Waals surface area contributed by atoms with Gasteiger partial charge < -0.3 is 10.2 Å². The van der Waals surface area contributed by atoms with Gasteiger partial charge in [0.15, 0.2) is 0 Å². The van der Waals surface area contributed by atoms with Gasteiger partial charge in [-0.15, -0.1) is 0 Å². The van der Waals surface area contributed by atoms with Crippen molar-refractivity contribution >= 4 is 5.91 Å². The van der Waals surface area contributed by atoms with Gasteiger partial charge in [0.05, 0.1) is 6.04 Å². The molecule has 0 saturated carbocycles. The van der Waals surface area contributed by atoms with Gasteiger partial charge in [0.1, 0.15) is 0 Å². The first-order chi connectivity index (χ1) is 8.72. The van der Waals surface area contributed by atoms with Gasteiger partial charge in [0.25, 0.3) is 0 Å². The minimum atomic E-state index is 0.0484. The number of rotatable bonds is 4. The third-order valence-corrected chi connectivity index (χ3v) is 4.38. The fourth-order valence-corrected chi connectivity index (χ4v) is 3.18. The van der Waals surface area contributed by atoms with Crippen molar-refractivity contribution in [3.63, 3.8) is 0 Å². The fourth-order valence-electron chi connectivity index (χ4n) is 3.18. The van der Waals surface area contributed by atoms with Crippen LogP contribution >= 0.6 is 0 Å². The number of carbonyl (C=O) groups is 1. The zero-order valence-electron chi connectivity index (χ0n) is 11.8. The lowest BCUT2D eigenvalue weighted by atomic mass is 10.0. The van der Waals surface area contributed by atoms with Crippen LogP contribution < -0.4 is 5.32 Å². The minimum absolute atomic E-state index is 0.0484. The average Bonchev–Trinajstić information content (AvgIpc) is 2.42. The average molecular weight is 253 g/mol. The van der Waals surface area contributed by atoms with E-state index < -0.39 is 0 Å². The Balaban J connectivity index is 1.85. The van der Waals surface area contributed by atoms with Gasteiger partial charge in [0, 0.05) is 19.1 Å². The number of hydrogen-bond acceptors (Lipinski definition) is 3. The van der Waals surface area contributed by atoms with E-state index in [9.17, 15) is 4.79 Å². The maximum atomic E-state index is 12.2. The third-order valence-electron chi connectivity index (χ3n) is 4.38. The topological polar surface area (TPSA) is 35.6 Å². The highest BCUT2D eigenvalue weighted by Gasteiger charge is 2.29. The van der Waals surface area contributed by atoms with Crippen molar-refractivity contribution in [1.82, 2.24) is 15.1 Å². The molecule has 0 aromatic heterocycles. The van der Waals surface area contributed by atoms with E-state index in [1.54, 1.807) is 0 Å². The first-order valence-corrected chi connectivity index (χ1v) is 7.42. The lowest BCUT2D eigenvalue weighted by Crippen LogP contribution is -2.53. The molecule has 104 valence electrons. The largest absolute Gasteiger partial charge is 0.340 e. The molecular formula is C14H27N3O. The number of nitrogens with zero attached hydrogens (tertiary/aromatic N) is 2. The highest BCUT2D eigenvalue weighted by Crippen LogP contribution is 2.16. The zero-order valence-corrected chi connectivity index (χ0v) is 11.8. The van der Waals surface area contributed by atoms with Crippen molar-refractivity contribution in [2.24, 2.45) is 0 Å². The van der Waals surface area contributed by atoms with E-state index in [0.29, 0.717) is 11.9 Å². The minimum Gasteiger partial charge on any atom is -0.340 e. The van der Waals surface area contributed by atoms with E-state index in [1.165, 1.54) is 32.4 Å². The third kappa shape index (κ3) is 3.23. The van der Waals surface area contributed by atoms with Crippen LogP contribution in [0.4, 0.5) is 0 Å². The molecule has 0 radical (unpaired) electrons. The van der Waals surface area contributed by atoms with Crippen molar-refractivity contribution in [3.05, 3.63) is 0 Å². The predicted octanol–water partition coefficient (Wildman–Crippen LogP) is 1.07. The van der Waals surface area contributed by atoms with E-state index in [-0.39, 0.29) is 6.04 Å². The van der Waals surface area contributed by atoms with E-state index in [1.807, 2.05) is 7.05 Å². The molecule has 0 aromatic carbocycles. The Morgan fingerprint density at radius 2 is 1.94 bits per heavy atom. The van der Waals surface area contributed by atoms with Crippen molar-refractivity contribution < 1.29 is 4.79 Å². The summed E-state index contributed by atoms with van der Waals surface area (Å²) in [5.74, 6) is 0.299. The molecule has 1 amide bonds. The Bertz CT molecular complexity index is 276. The number of carbonyl (C=O) groups excluding carboxylic acids is 1. The number of amides is 1. The van der Waals surface area contributed by atoms with Gasteiger partial charge in [-0.1, -0.05) is 6.42 Å². The molecule has 0 aliphatic carbocycles. The number of hydrogen-bond donors (Lipinski definition) is 1. The highest BCUT2D eigenvalue weighted by atomic mass is 16.2. The highest BCUT2D eigenvalue weighted by molar-refractivity contribution is 5.82. The summed E-state index contributed by atoms with van der Waals surface area (Å²) in [6.07, 6.45) is 6.12. The van der Waals surface area contributed by atoms with Gasteiger partial charge in [0.2, 0.25) is 5.91 Å². The molecule has 1 N–H and O–H groups in total. The second-order valence-corrected chi connectivity index (χ2v) is 5.71. The molecule has 2 rings (SSSR count).